The second kappa shape index (κ2) is 7.74. The smallest absolute Gasteiger partial charge is 0.330 e. The van der Waals surface area contributed by atoms with Gasteiger partial charge in [-0.1, -0.05) is 50.3 Å². The third-order valence-electron chi connectivity index (χ3n) is 2.54. The number of hydrogen-bond donors (Lipinski definition) is 0. The molecule has 0 unspecified atom stereocenters. The summed E-state index contributed by atoms with van der Waals surface area (Å²) in [6.45, 7) is 7.37. The van der Waals surface area contributed by atoms with E-state index in [1.54, 1.807) is 6.92 Å². The number of hydrogen-bond acceptors (Lipinski definition) is 3. The first-order chi connectivity index (χ1) is 9.03. The SMILES string of the molecule is CCOC(=O)C=CC(C)(C)COCc1ccccc1. The Morgan fingerprint density at radius 3 is 2.58 bits per heavy atom. The maximum atomic E-state index is 11.2. The van der Waals surface area contributed by atoms with Crippen LogP contribution < -0.4 is 0 Å². The Labute approximate surface area is 115 Å². The van der Waals surface area contributed by atoms with Gasteiger partial charge in [0.25, 0.3) is 0 Å². The molecule has 104 valence electrons. The molecule has 0 spiro atoms. The zero-order valence-electron chi connectivity index (χ0n) is 11.9. The van der Waals surface area contributed by atoms with Gasteiger partial charge in [0, 0.05) is 11.5 Å². The second-order valence-electron chi connectivity index (χ2n) is 5.05. The molecule has 1 aromatic carbocycles. The van der Waals surface area contributed by atoms with Crippen molar-refractivity contribution in [3.8, 4) is 0 Å². The molecular formula is C16H22O3. The van der Waals surface area contributed by atoms with Crippen LogP contribution >= 0.6 is 0 Å². The van der Waals surface area contributed by atoms with Crippen molar-refractivity contribution >= 4 is 5.97 Å². The summed E-state index contributed by atoms with van der Waals surface area (Å²) in [5, 5.41) is 0. The van der Waals surface area contributed by atoms with Crippen molar-refractivity contribution in [2.45, 2.75) is 27.4 Å². The lowest BCUT2D eigenvalue weighted by molar-refractivity contribution is -0.137. The number of esters is 1. The molecule has 0 atom stereocenters. The number of rotatable bonds is 7. The molecule has 3 heteroatoms. The maximum Gasteiger partial charge on any atom is 0.330 e. The van der Waals surface area contributed by atoms with Crippen LogP contribution in [0.5, 0.6) is 0 Å². The molecule has 0 aliphatic rings. The molecule has 19 heavy (non-hydrogen) atoms. The van der Waals surface area contributed by atoms with Crippen LogP contribution in [0, 0.1) is 5.41 Å². The van der Waals surface area contributed by atoms with E-state index in [2.05, 4.69) is 0 Å². The fraction of sp³-hybridized carbons (Fsp3) is 0.438. The summed E-state index contributed by atoms with van der Waals surface area (Å²) < 4.78 is 10.5. The summed E-state index contributed by atoms with van der Waals surface area (Å²) in [6, 6.07) is 10.0. The fourth-order valence-corrected chi connectivity index (χ4v) is 1.54. The lowest BCUT2D eigenvalue weighted by Gasteiger charge is -2.20. The highest BCUT2D eigenvalue weighted by atomic mass is 16.5. The highest BCUT2D eigenvalue weighted by Gasteiger charge is 2.14. The van der Waals surface area contributed by atoms with Gasteiger partial charge >= 0.3 is 5.97 Å². The van der Waals surface area contributed by atoms with E-state index in [1.165, 1.54) is 6.08 Å². The zero-order chi connectivity index (χ0) is 14.1. The minimum absolute atomic E-state index is 0.193. The van der Waals surface area contributed by atoms with Gasteiger partial charge in [-0.25, -0.2) is 4.79 Å². The highest BCUT2D eigenvalue weighted by Crippen LogP contribution is 2.18. The lowest BCUT2D eigenvalue weighted by Crippen LogP contribution is -2.17. The van der Waals surface area contributed by atoms with Crippen LogP contribution in [0.1, 0.15) is 26.3 Å². The lowest BCUT2D eigenvalue weighted by atomic mass is 9.94. The molecule has 0 saturated carbocycles. The molecule has 0 N–H and O–H groups in total. The Kier molecular flexibility index (Phi) is 6.30. The Bertz CT molecular complexity index is 407. The maximum absolute atomic E-state index is 11.2. The van der Waals surface area contributed by atoms with Crippen LogP contribution in [-0.4, -0.2) is 19.2 Å². The normalized spacial score (nSPS) is 11.7. The van der Waals surface area contributed by atoms with Gasteiger partial charge in [-0.05, 0) is 12.5 Å². The van der Waals surface area contributed by atoms with E-state index >= 15 is 0 Å². The molecule has 0 aromatic heterocycles. The van der Waals surface area contributed by atoms with E-state index in [4.69, 9.17) is 9.47 Å². The quantitative estimate of drug-likeness (QED) is 0.558. The van der Waals surface area contributed by atoms with Gasteiger partial charge in [0.1, 0.15) is 0 Å². The summed E-state index contributed by atoms with van der Waals surface area (Å²) in [7, 11) is 0. The van der Waals surface area contributed by atoms with E-state index in [-0.39, 0.29) is 11.4 Å². The summed E-state index contributed by atoms with van der Waals surface area (Å²) in [4.78, 5) is 11.2. The number of ether oxygens (including phenoxy) is 2. The summed E-state index contributed by atoms with van der Waals surface area (Å²) in [6.07, 6.45) is 3.30. The standard InChI is InChI=1S/C16H22O3/c1-4-19-15(17)10-11-16(2,3)13-18-12-14-8-6-5-7-9-14/h5-11H,4,12-13H2,1-3H3. The van der Waals surface area contributed by atoms with Crippen molar-refractivity contribution in [1.29, 1.82) is 0 Å². The van der Waals surface area contributed by atoms with Crippen molar-refractivity contribution in [2.24, 2.45) is 5.41 Å². The predicted molar refractivity (Wildman–Crippen MR) is 75.7 cm³/mol. The molecule has 3 nitrogen and oxygen atoms in total. The number of carbonyl (C=O) groups is 1. The molecule has 0 aliphatic heterocycles. The van der Waals surface area contributed by atoms with Crippen molar-refractivity contribution in [1.82, 2.24) is 0 Å². The molecule has 0 saturated heterocycles. The van der Waals surface area contributed by atoms with Gasteiger partial charge in [0.2, 0.25) is 0 Å². The Morgan fingerprint density at radius 2 is 1.95 bits per heavy atom. The van der Waals surface area contributed by atoms with E-state index in [9.17, 15) is 4.79 Å². The van der Waals surface area contributed by atoms with Crippen LogP contribution in [0.3, 0.4) is 0 Å². The molecule has 1 rings (SSSR count). The zero-order valence-corrected chi connectivity index (χ0v) is 11.9. The molecule has 0 fully saturated rings. The van der Waals surface area contributed by atoms with Crippen molar-refractivity contribution in [3.05, 3.63) is 48.0 Å². The first kappa shape index (κ1) is 15.4. The first-order valence-corrected chi connectivity index (χ1v) is 6.51. The van der Waals surface area contributed by atoms with Gasteiger partial charge in [0.05, 0.1) is 19.8 Å². The van der Waals surface area contributed by atoms with Crippen LogP contribution in [0.2, 0.25) is 0 Å². The van der Waals surface area contributed by atoms with Gasteiger partial charge in [-0.15, -0.1) is 0 Å². The molecular weight excluding hydrogens is 240 g/mol. The summed E-state index contributed by atoms with van der Waals surface area (Å²) >= 11 is 0. The van der Waals surface area contributed by atoms with Gasteiger partial charge in [-0.3, -0.25) is 0 Å². The average molecular weight is 262 g/mol. The predicted octanol–water partition coefficient (Wildman–Crippen LogP) is 3.35. The van der Waals surface area contributed by atoms with E-state index in [0.717, 1.165) is 5.56 Å². The Hall–Kier alpha value is -1.61. The minimum Gasteiger partial charge on any atom is -0.463 e. The van der Waals surface area contributed by atoms with Crippen molar-refractivity contribution < 1.29 is 14.3 Å². The Morgan fingerprint density at radius 1 is 1.26 bits per heavy atom. The van der Waals surface area contributed by atoms with Gasteiger partial charge in [-0.2, -0.15) is 0 Å². The van der Waals surface area contributed by atoms with Crippen LogP contribution in [0.15, 0.2) is 42.5 Å². The van der Waals surface area contributed by atoms with Gasteiger partial charge < -0.3 is 9.47 Å². The second-order valence-corrected chi connectivity index (χ2v) is 5.05. The molecule has 0 aliphatic carbocycles. The van der Waals surface area contributed by atoms with Crippen LogP contribution in [0.25, 0.3) is 0 Å². The van der Waals surface area contributed by atoms with E-state index in [0.29, 0.717) is 19.8 Å². The fourth-order valence-electron chi connectivity index (χ4n) is 1.54. The topological polar surface area (TPSA) is 35.5 Å². The molecule has 0 radical (unpaired) electrons. The first-order valence-electron chi connectivity index (χ1n) is 6.51. The Balaban J connectivity index is 2.36. The van der Waals surface area contributed by atoms with Crippen molar-refractivity contribution in [3.63, 3.8) is 0 Å². The van der Waals surface area contributed by atoms with Gasteiger partial charge in [0.15, 0.2) is 0 Å². The summed E-state index contributed by atoms with van der Waals surface area (Å²) in [5.41, 5.74) is 0.953. The largest absolute Gasteiger partial charge is 0.463 e. The van der Waals surface area contributed by atoms with E-state index in [1.807, 2.05) is 50.3 Å². The van der Waals surface area contributed by atoms with Crippen molar-refractivity contribution in [2.75, 3.05) is 13.2 Å². The third-order valence-corrected chi connectivity index (χ3v) is 2.54. The molecule has 1 aromatic rings. The average Bonchev–Trinajstić information content (AvgIpc) is 2.38. The third kappa shape index (κ3) is 6.77. The molecule has 0 amide bonds. The monoisotopic (exact) mass is 262 g/mol. The molecule has 0 heterocycles. The van der Waals surface area contributed by atoms with E-state index < -0.39 is 0 Å². The minimum atomic E-state index is -0.307. The number of benzene rings is 1. The summed E-state index contributed by atoms with van der Waals surface area (Å²) in [5.74, 6) is -0.307. The van der Waals surface area contributed by atoms with Crippen LogP contribution in [-0.2, 0) is 20.9 Å². The highest BCUT2D eigenvalue weighted by molar-refractivity contribution is 5.81. The molecule has 0 bridgehead atoms. The van der Waals surface area contributed by atoms with Crippen LogP contribution in [0.4, 0.5) is 0 Å². The number of carbonyl (C=O) groups excluding carboxylic acids is 1.